The first kappa shape index (κ1) is 19.9. The van der Waals surface area contributed by atoms with E-state index in [1.54, 1.807) is 11.0 Å². The number of carbonyl (C=O) groups excluding carboxylic acids is 2. The van der Waals surface area contributed by atoms with Crippen LogP contribution in [0.25, 0.3) is 0 Å². The standard InChI is InChI=1S/C18H28N2O4/c1-5-9-14(19-24-10-6-2)17-15(21)11-13(12-16(17)22)18(23)20(7-3)8-4/h6,13,21H,2,5,7-12H2,1,3-4H3. The van der Waals surface area contributed by atoms with Crippen LogP contribution in [-0.4, -0.2) is 47.1 Å². The Balaban J connectivity index is 3.02. The summed E-state index contributed by atoms with van der Waals surface area (Å²) < 4.78 is 0. The maximum Gasteiger partial charge on any atom is 0.226 e. The summed E-state index contributed by atoms with van der Waals surface area (Å²) in [6.07, 6.45) is 3.11. The SMILES string of the molecule is C=CCON=C(CCC)C1=C(O)CC(C(=O)N(CC)CC)CC1=O. The number of oxime groups is 1. The Bertz CT molecular complexity index is 533. The van der Waals surface area contributed by atoms with Crippen molar-refractivity contribution in [1.82, 2.24) is 4.90 Å². The average molecular weight is 336 g/mol. The maximum atomic E-state index is 12.5. The second-order valence-corrected chi connectivity index (χ2v) is 5.73. The number of Topliss-reactive ketones (excluding diaryl/α,β-unsaturated/α-hetero) is 1. The van der Waals surface area contributed by atoms with Crippen molar-refractivity contribution in [1.29, 1.82) is 0 Å². The second kappa shape index (κ2) is 9.90. The van der Waals surface area contributed by atoms with Gasteiger partial charge in [-0.1, -0.05) is 31.2 Å². The van der Waals surface area contributed by atoms with Gasteiger partial charge in [0.05, 0.1) is 17.2 Å². The molecule has 1 unspecified atom stereocenters. The van der Waals surface area contributed by atoms with Gasteiger partial charge in [-0.25, -0.2) is 0 Å². The number of amides is 1. The molecule has 0 saturated carbocycles. The van der Waals surface area contributed by atoms with E-state index in [0.29, 0.717) is 25.2 Å². The molecule has 0 spiro atoms. The fraction of sp³-hybridized carbons (Fsp3) is 0.611. The minimum atomic E-state index is -0.502. The van der Waals surface area contributed by atoms with Crippen LogP contribution in [0.3, 0.4) is 0 Å². The molecule has 6 heteroatoms. The minimum Gasteiger partial charge on any atom is -0.511 e. The Kier molecular flexibility index (Phi) is 8.22. The Morgan fingerprint density at radius 3 is 2.54 bits per heavy atom. The van der Waals surface area contributed by atoms with Crippen molar-refractivity contribution in [3.05, 3.63) is 24.0 Å². The van der Waals surface area contributed by atoms with E-state index in [9.17, 15) is 14.7 Å². The quantitative estimate of drug-likeness (QED) is 0.304. The molecule has 1 rings (SSSR count). The molecular formula is C18H28N2O4. The summed E-state index contributed by atoms with van der Waals surface area (Å²) in [5.74, 6) is -0.904. The van der Waals surface area contributed by atoms with E-state index in [1.807, 2.05) is 20.8 Å². The van der Waals surface area contributed by atoms with Crippen molar-refractivity contribution in [2.45, 2.75) is 46.5 Å². The van der Waals surface area contributed by atoms with Gasteiger partial charge in [0.15, 0.2) is 5.78 Å². The van der Waals surface area contributed by atoms with Gasteiger partial charge in [-0.3, -0.25) is 9.59 Å². The molecule has 1 N–H and O–H groups in total. The van der Waals surface area contributed by atoms with E-state index in [2.05, 4.69) is 11.7 Å². The van der Waals surface area contributed by atoms with Gasteiger partial charge in [-0.2, -0.15) is 0 Å². The molecule has 0 saturated heterocycles. The number of aliphatic hydroxyl groups excluding tert-OH is 1. The number of hydrogen-bond acceptors (Lipinski definition) is 5. The summed E-state index contributed by atoms with van der Waals surface area (Å²) in [6.45, 7) is 10.7. The van der Waals surface area contributed by atoms with Gasteiger partial charge in [0.1, 0.15) is 12.4 Å². The molecule has 0 heterocycles. The van der Waals surface area contributed by atoms with E-state index >= 15 is 0 Å². The molecule has 0 aromatic heterocycles. The zero-order valence-electron chi connectivity index (χ0n) is 14.9. The van der Waals surface area contributed by atoms with Gasteiger partial charge in [0.2, 0.25) is 5.91 Å². The zero-order valence-corrected chi connectivity index (χ0v) is 14.9. The summed E-state index contributed by atoms with van der Waals surface area (Å²) >= 11 is 0. The molecule has 0 aromatic carbocycles. The lowest BCUT2D eigenvalue weighted by Crippen LogP contribution is -2.39. The first-order chi connectivity index (χ1) is 11.5. The van der Waals surface area contributed by atoms with Gasteiger partial charge in [-0.15, -0.1) is 0 Å². The Morgan fingerprint density at radius 1 is 1.38 bits per heavy atom. The lowest BCUT2D eigenvalue weighted by molar-refractivity contribution is -0.137. The molecule has 24 heavy (non-hydrogen) atoms. The van der Waals surface area contributed by atoms with E-state index in [0.717, 1.165) is 6.42 Å². The van der Waals surface area contributed by atoms with Gasteiger partial charge in [-0.05, 0) is 20.3 Å². The highest BCUT2D eigenvalue weighted by Gasteiger charge is 2.35. The van der Waals surface area contributed by atoms with Crippen LogP contribution in [0.2, 0.25) is 0 Å². The number of aliphatic hydroxyl groups is 1. The fourth-order valence-corrected chi connectivity index (χ4v) is 2.81. The van der Waals surface area contributed by atoms with Crippen LogP contribution in [0.15, 0.2) is 29.1 Å². The Labute approximate surface area is 143 Å². The molecule has 6 nitrogen and oxygen atoms in total. The zero-order chi connectivity index (χ0) is 18.1. The van der Waals surface area contributed by atoms with Crippen molar-refractivity contribution in [2.75, 3.05) is 19.7 Å². The van der Waals surface area contributed by atoms with Crippen molar-refractivity contribution < 1.29 is 19.5 Å². The summed E-state index contributed by atoms with van der Waals surface area (Å²) in [5, 5.41) is 14.3. The Morgan fingerprint density at radius 2 is 2.04 bits per heavy atom. The third kappa shape index (κ3) is 4.94. The van der Waals surface area contributed by atoms with E-state index in [4.69, 9.17) is 4.84 Å². The number of rotatable bonds is 9. The molecule has 0 aromatic rings. The fourth-order valence-electron chi connectivity index (χ4n) is 2.81. The van der Waals surface area contributed by atoms with E-state index in [1.165, 1.54) is 0 Å². The first-order valence-electron chi connectivity index (χ1n) is 8.54. The number of allylic oxidation sites excluding steroid dienone is 2. The molecule has 1 amide bonds. The smallest absolute Gasteiger partial charge is 0.226 e. The molecule has 1 aliphatic rings. The molecular weight excluding hydrogens is 308 g/mol. The van der Waals surface area contributed by atoms with Gasteiger partial charge in [0, 0.05) is 25.9 Å². The third-order valence-corrected chi connectivity index (χ3v) is 4.01. The molecule has 0 bridgehead atoms. The second-order valence-electron chi connectivity index (χ2n) is 5.73. The Hall–Kier alpha value is -2.11. The van der Waals surface area contributed by atoms with Crippen LogP contribution in [0.1, 0.15) is 46.5 Å². The van der Waals surface area contributed by atoms with Crippen LogP contribution >= 0.6 is 0 Å². The monoisotopic (exact) mass is 336 g/mol. The molecule has 0 fully saturated rings. The van der Waals surface area contributed by atoms with Crippen LogP contribution < -0.4 is 0 Å². The lowest BCUT2D eigenvalue weighted by atomic mass is 9.83. The predicted molar refractivity (Wildman–Crippen MR) is 93.8 cm³/mol. The molecule has 1 aliphatic carbocycles. The van der Waals surface area contributed by atoms with Gasteiger partial charge < -0.3 is 14.8 Å². The largest absolute Gasteiger partial charge is 0.511 e. The van der Waals surface area contributed by atoms with Crippen LogP contribution in [0.5, 0.6) is 0 Å². The minimum absolute atomic E-state index is 0.0637. The average Bonchev–Trinajstić information content (AvgIpc) is 2.55. The lowest BCUT2D eigenvalue weighted by Gasteiger charge is -2.28. The number of nitrogens with zero attached hydrogens (tertiary/aromatic N) is 2. The maximum absolute atomic E-state index is 12.5. The highest BCUT2D eigenvalue weighted by atomic mass is 16.6. The highest BCUT2D eigenvalue weighted by Crippen LogP contribution is 2.29. The summed E-state index contributed by atoms with van der Waals surface area (Å²) in [4.78, 5) is 31.7. The highest BCUT2D eigenvalue weighted by molar-refractivity contribution is 6.23. The molecule has 1 atom stereocenters. The van der Waals surface area contributed by atoms with Crippen LogP contribution in [0.4, 0.5) is 0 Å². The number of hydrogen-bond donors (Lipinski definition) is 1. The third-order valence-electron chi connectivity index (χ3n) is 4.01. The molecule has 0 radical (unpaired) electrons. The normalized spacial score (nSPS) is 18.5. The van der Waals surface area contributed by atoms with Crippen molar-refractivity contribution in [3.63, 3.8) is 0 Å². The summed E-state index contributed by atoms with van der Waals surface area (Å²) in [5.41, 5.74) is 0.653. The van der Waals surface area contributed by atoms with E-state index in [-0.39, 0.29) is 42.5 Å². The van der Waals surface area contributed by atoms with Crippen LogP contribution in [-0.2, 0) is 14.4 Å². The number of carbonyl (C=O) groups is 2. The molecule has 134 valence electrons. The van der Waals surface area contributed by atoms with Crippen molar-refractivity contribution in [2.24, 2.45) is 11.1 Å². The molecule has 0 aliphatic heterocycles. The predicted octanol–water partition coefficient (Wildman–Crippen LogP) is 3.00. The van der Waals surface area contributed by atoms with Crippen molar-refractivity contribution in [3.8, 4) is 0 Å². The van der Waals surface area contributed by atoms with Gasteiger partial charge >= 0.3 is 0 Å². The summed E-state index contributed by atoms with van der Waals surface area (Å²) in [6, 6.07) is 0. The van der Waals surface area contributed by atoms with Crippen molar-refractivity contribution >= 4 is 17.4 Å². The topological polar surface area (TPSA) is 79.2 Å². The van der Waals surface area contributed by atoms with Gasteiger partial charge in [0.25, 0.3) is 0 Å². The summed E-state index contributed by atoms with van der Waals surface area (Å²) in [7, 11) is 0. The number of ketones is 1. The first-order valence-corrected chi connectivity index (χ1v) is 8.54. The van der Waals surface area contributed by atoms with Crippen LogP contribution in [0, 0.1) is 5.92 Å². The van der Waals surface area contributed by atoms with E-state index < -0.39 is 5.92 Å².